The fraction of sp³-hybridized carbons (Fsp3) is 0.429. The molecule has 0 fully saturated rings. The average molecular weight is 188 g/mol. The van der Waals surface area contributed by atoms with Crippen LogP contribution in [-0.2, 0) is 5.41 Å². The second kappa shape index (κ2) is 3.61. The standard InChI is InChI=1S/C14H20/c1-6-14(5,13(2,3)4)12-10-8-7-9-11-12/h6-11H,1H2,2-5H3. The number of allylic oxidation sites excluding steroid dienone is 1. The Balaban J connectivity index is 3.22. The monoisotopic (exact) mass is 188 g/mol. The molecule has 1 aromatic carbocycles. The highest BCUT2D eigenvalue weighted by Crippen LogP contribution is 2.41. The Hall–Kier alpha value is -1.04. The molecule has 0 bridgehead atoms. The van der Waals surface area contributed by atoms with Gasteiger partial charge in [0.05, 0.1) is 0 Å². The molecule has 0 spiro atoms. The summed E-state index contributed by atoms with van der Waals surface area (Å²) in [7, 11) is 0. The van der Waals surface area contributed by atoms with Gasteiger partial charge in [0.15, 0.2) is 0 Å². The van der Waals surface area contributed by atoms with E-state index in [1.54, 1.807) is 0 Å². The smallest absolute Gasteiger partial charge is 0.0149 e. The summed E-state index contributed by atoms with van der Waals surface area (Å²) in [4.78, 5) is 0. The summed E-state index contributed by atoms with van der Waals surface area (Å²) < 4.78 is 0. The SMILES string of the molecule is C=CC(C)(c1ccccc1)C(C)(C)C. The lowest BCUT2D eigenvalue weighted by atomic mass is 9.64. The third kappa shape index (κ3) is 1.75. The Labute approximate surface area is 87.7 Å². The summed E-state index contributed by atoms with van der Waals surface area (Å²) in [6, 6.07) is 10.6. The number of hydrogen-bond donors (Lipinski definition) is 0. The van der Waals surface area contributed by atoms with Gasteiger partial charge in [0, 0.05) is 5.41 Å². The summed E-state index contributed by atoms with van der Waals surface area (Å²) in [6.07, 6.45) is 2.06. The van der Waals surface area contributed by atoms with Gasteiger partial charge in [0.2, 0.25) is 0 Å². The van der Waals surface area contributed by atoms with E-state index in [4.69, 9.17) is 0 Å². The van der Waals surface area contributed by atoms with E-state index in [1.165, 1.54) is 5.56 Å². The second-order valence-corrected chi connectivity index (χ2v) is 5.02. The molecule has 0 aliphatic carbocycles. The lowest BCUT2D eigenvalue weighted by Crippen LogP contribution is -2.34. The molecule has 0 saturated carbocycles. The minimum atomic E-state index is 0.0360. The first-order chi connectivity index (χ1) is 6.42. The van der Waals surface area contributed by atoms with Gasteiger partial charge in [-0.05, 0) is 11.0 Å². The number of rotatable bonds is 2. The van der Waals surface area contributed by atoms with E-state index in [-0.39, 0.29) is 10.8 Å². The first-order valence-electron chi connectivity index (χ1n) is 5.11. The van der Waals surface area contributed by atoms with Crippen molar-refractivity contribution in [2.24, 2.45) is 5.41 Å². The first kappa shape index (κ1) is 11.0. The van der Waals surface area contributed by atoms with Gasteiger partial charge >= 0.3 is 0 Å². The molecule has 0 radical (unpaired) electrons. The van der Waals surface area contributed by atoms with Gasteiger partial charge in [0.1, 0.15) is 0 Å². The first-order valence-corrected chi connectivity index (χ1v) is 5.11. The average Bonchev–Trinajstić information content (AvgIpc) is 2.16. The predicted molar refractivity (Wildman–Crippen MR) is 63.4 cm³/mol. The van der Waals surface area contributed by atoms with E-state index in [0.29, 0.717) is 0 Å². The van der Waals surface area contributed by atoms with Crippen molar-refractivity contribution in [1.29, 1.82) is 0 Å². The van der Waals surface area contributed by atoms with Crippen LogP contribution in [0.2, 0.25) is 0 Å². The van der Waals surface area contributed by atoms with E-state index < -0.39 is 0 Å². The van der Waals surface area contributed by atoms with Crippen LogP contribution >= 0.6 is 0 Å². The van der Waals surface area contributed by atoms with E-state index in [2.05, 4.69) is 70.7 Å². The summed E-state index contributed by atoms with van der Waals surface area (Å²) >= 11 is 0. The molecule has 0 heteroatoms. The molecule has 0 aliphatic rings. The van der Waals surface area contributed by atoms with Crippen LogP contribution in [0.4, 0.5) is 0 Å². The van der Waals surface area contributed by atoms with Crippen molar-refractivity contribution >= 4 is 0 Å². The van der Waals surface area contributed by atoms with Crippen molar-refractivity contribution in [1.82, 2.24) is 0 Å². The summed E-state index contributed by atoms with van der Waals surface area (Å²) in [5.41, 5.74) is 1.56. The van der Waals surface area contributed by atoms with E-state index in [0.717, 1.165) is 0 Å². The molecule has 1 rings (SSSR count). The molecule has 0 amide bonds. The van der Waals surface area contributed by atoms with Crippen LogP contribution in [0, 0.1) is 5.41 Å². The second-order valence-electron chi connectivity index (χ2n) is 5.02. The third-order valence-corrected chi connectivity index (χ3v) is 3.34. The maximum atomic E-state index is 3.98. The van der Waals surface area contributed by atoms with Gasteiger partial charge in [0.25, 0.3) is 0 Å². The third-order valence-electron chi connectivity index (χ3n) is 3.34. The molecule has 0 saturated heterocycles. The van der Waals surface area contributed by atoms with Gasteiger partial charge in [-0.25, -0.2) is 0 Å². The molecule has 0 nitrogen and oxygen atoms in total. The molecule has 14 heavy (non-hydrogen) atoms. The quantitative estimate of drug-likeness (QED) is 0.611. The summed E-state index contributed by atoms with van der Waals surface area (Å²) in [5, 5.41) is 0. The zero-order valence-corrected chi connectivity index (χ0v) is 9.67. The Bertz CT molecular complexity index is 303. The topological polar surface area (TPSA) is 0 Å². The molecule has 1 unspecified atom stereocenters. The van der Waals surface area contributed by atoms with Crippen molar-refractivity contribution in [3.05, 3.63) is 48.6 Å². The normalized spacial score (nSPS) is 16.0. The highest BCUT2D eigenvalue weighted by molar-refractivity contribution is 5.31. The van der Waals surface area contributed by atoms with Crippen molar-refractivity contribution in [2.45, 2.75) is 33.1 Å². The van der Waals surface area contributed by atoms with Crippen LogP contribution in [0.25, 0.3) is 0 Å². The largest absolute Gasteiger partial charge is 0.102 e. The van der Waals surface area contributed by atoms with Crippen LogP contribution in [0.3, 0.4) is 0 Å². The Morgan fingerprint density at radius 2 is 1.50 bits per heavy atom. The summed E-state index contributed by atoms with van der Waals surface area (Å²) in [5.74, 6) is 0. The van der Waals surface area contributed by atoms with Crippen molar-refractivity contribution in [3.8, 4) is 0 Å². The van der Waals surface area contributed by atoms with E-state index >= 15 is 0 Å². The van der Waals surface area contributed by atoms with Gasteiger partial charge in [-0.3, -0.25) is 0 Å². The molecule has 0 N–H and O–H groups in total. The van der Waals surface area contributed by atoms with E-state index in [1.807, 2.05) is 0 Å². The molecule has 0 heterocycles. The molecule has 0 aliphatic heterocycles. The van der Waals surface area contributed by atoms with Gasteiger partial charge < -0.3 is 0 Å². The molecular formula is C14H20. The molecular weight excluding hydrogens is 168 g/mol. The van der Waals surface area contributed by atoms with Crippen LogP contribution < -0.4 is 0 Å². The molecule has 1 atom stereocenters. The zero-order chi connectivity index (χ0) is 10.8. The molecule has 0 aromatic heterocycles. The number of hydrogen-bond acceptors (Lipinski definition) is 0. The molecule has 1 aromatic rings. The highest BCUT2D eigenvalue weighted by atomic mass is 14.4. The Morgan fingerprint density at radius 1 is 1.00 bits per heavy atom. The fourth-order valence-electron chi connectivity index (χ4n) is 1.64. The van der Waals surface area contributed by atoms with Gasteiger partial charge in [-0.2, -0.15) is 0 Å². The predicted octanol–water partition coefficient (Wildman–Crippen LogP) is 4.18. The Morgan fingerprint density at radius 3 is 1.86 bits per heavy atom. The lowest BCUT2D eigenvalue weighted by molar-refractivity contribution is 0.259. The number of benzene rings is 1. The van der Waals surface area contributed by atoms with Crippen LogP contribution in [0.5, 0.6) is 0 Å². The maximum Gasteiger partial charge on any atom is 0.0149 e. The highest BCUT2D eigenvalue weighted by Gasteiger charge is 2.35. The van der Waals surface area contributed by atoms with Crippen molar-refractivity contribution < 1.29 is 0 Å². The summed E-state index contributed by atoms with van der Waals surface area (Å²) in [6.45, 7) is 13.0. The van der Waals surface area contributed by atoms with Crippen molar-refractivity contribution in [2.75, 3.05) is 0 Å². The lowest BCUT2D eigenvalue weighted by Gasteiger charge is -2.40. The van der Waals surface area contributed by atoms with Crippen LogP contribution in [0.15, 0.2) is 43.0 Å². The van der Waals surface area contributed by atoms with Gasteiger partial charge in [-0.15, -0.1) is 6.58 Å². The van der Waals surface area contributed by atoms with Crippen molar-refractivity contribution in [3.63, 3.8) is 0 Å². The Kier molecular flexibility index (Phi) is 2.84. The van der Waals surface area contributed by atoms with Crippen LogP contribution in [0.1, 0.15) is 33.3 Å². The minimum absolute atomic E-state index is 0.0360. The van der Waals surface area contributed by atoms with Gasteiger partial charge in [-0.1, -0.05) is 64.1 Å². The molecule has 76 valence electrons. The maximum absolute atomic E-state index is 3.98. The fourth-order valence-corrected chi connectivity index (χ4v) is 1.64. The van der Waals surface area contributed by atoms with E-state index in [9.17, 15) is 0 Å². The van der Waals surface area contributed by atoms with Crippen LogP contribution in [-0.4, -0.2) is 0 Å². The minimum Gasteiger partial charge on any atom is -0.102 e. The zero-order valence-electron chi connectivity index (χ0n) is 9.67.